The number of unbranched alkanes of at least 4 members (excludes halogenated alkanes) is 4. The molecule has 28 heavy (non-hydrogen) atoms. The zero-order chi connectivity index (χ0) is 19.9. The largest absolute Gasteiger partial charge is 0.494 e. The molecule has 2 aromatic carbocycles. The fraction of sp³-hybridized carbons (Fsp3) is 0.417. The van der Waals surface area contributed by atoms with Gasteiger partial charge >= 0.3 is 5.97 Å². The second kappa shape index (κ2) is 13.5. The van der Waals surface area contributed by atoms with Crippen LogP contribution in [0, 0.1) is 0 Å². The van der Waals surface area contributed by atoms with Crippen LogP contribution in [0.15, 0.2) is 54.6 Å². The predicted molar refractivity (Wildman–Crippen MR) is 111 cm³/mol. The number of hydrogen-bond acceptors (Lipinski definition) is 4. The summed E-state index contributed by atoms with van der Waals surface area (Å²) < 4.78 is 10.9. The number of ether oxygens (including phenoxy) is 2. The lowest BCUT2D eigenvalue weighted by Crippen LogP contribution is -2.06. The number of hydrogen-bond donors (Lipinski definition) is 0. The van der Waals surface area contributed by atoms with Crippen molar-refractivity contribution in [3.63, 3.8) is 0 Å². The highest BCUT2D eigenvalue weighted by atomic mass is 16.5. The summed E-state index contributed by atoms with van der Waals surface area (Å²) in [4.78, 5) is 22.3. The zero-order valence-electron chi connectivity index (χ0n) is 16.5. The summed E-state index contributed by atoms with van der Waals surface area (Å²) in [5.74, 6) is 0.658. The predicted octanol–water partition coefficient (Wildman–Crippen LogP) is 5.39. The Hall–Kier alpha value is -2.62. The van der Waals surface area contributed by atoms with Crippen molar-refractivity contribution >= 4 is 12.3 Å². The lowest BCUT2D eigenvalue weighted by Gasteiger charge is -2.07. The van der Waals surface area contributed by atoms with Crippen molar-refractivity contribution < 1.29 is 19.1 Å². The minimum absolute atomic E-state index is 0.103. The molecule has 0 radical (unpaired) electrons. The van der Waals surface area contributed by atoms with Gasteiger partial charge in [0, 0.05) is 12.0 Å². The van der Waals surface area contributed by atoms with Gasteiger partial charge in [-0.05, 0) is 74.8 Å². The molecule has 0 atom stereocenters. The quantitative estimate of drug-likeness (QED) is 0.250. The van der Waals surface area contributed by atoms with Crippen molar-refractivity contribution in [1.82, 2.24) is 0 Å². The Morgan fingerprint density at radius 2 is 1.50 bits per heavy atom. The number of carbonyl (C=O) groups is 2. The van der Waals surface area contributed by atoms with E-state index in [1.54, 1.807) is 24.3 Å². The third-order valence-corrected chi connectivity index (χ3v) is 4.53. The summed E-state index contributed by atoms with van der Waals surface area (Å²) in [5, 5.41) is 0. The SMILES string of the molecule is O=Cc1ccc(OCCCCCC(=O)OCCCCCc2ccccc2)cc1. The van der Waals surface area contributed by atoms with Gasteiger partial charge in [-0.15, -0.1) is 0 Å². The zero-order valence-corrected chi connectivity index (χ0v) is 16.5. The van der Waals surface area contributed by atoms with E-state index in [-0.39, 0.29) is 5.97 Å². The third kappa shape index (κ3) is 9.36. The van der Waals surface area contributed by atoms with E-state index in [0.717, 1.165) is 57.0 Å². The van der Waals surface area contributed by atoms with Crippen molar-refractivity contribution in [2.24, 2.45) is 0 Å². The summed E-state index contributed by atoms with van der Waals surface area (Å²) in [6, 6.07) is 17.5. The first-order valence-electron chi connectivity index (χ1n) is 10.2. The maximum absolute atomic E-state index is 11.7. The lowest BCUT2D eigenvalue weighted by atomic mass is 10.1. The highest BCUT2D eigenvalue weighted by Crippen LogP contribution is 2.12. The molecule has 150 valence electrons. The molecule has 0 aliphatic heterocycles. The van der Waals surface area contributed by atoms with Crippen LogP contribution >= 0.6 is 0 Å². The summed E-state index contributed by atoms with van der Waals surface area (Å²) in [6.45, 7) is 1.13. The van der Waals surface area contributed by atoms with Gasteiger partial charge in [0.25, 0.3) is 0 Å². The maximum Gasteiger partial charge on any atom is 0.305 e. The summed E-state index contributed by atoms with van der Waals surface area (Å²) >= 11 is 0. The summed E-state index contributed by atoms with van der Waals surface area (Å²) in [7, 11) is 0. The minimum Gasteiger partial charge on any atom is -0.494 e. The Kier molecular flexibility index (Phi) is 10.5. The van der Waals surface area contributed by atoms with Gasteiger partial charge in [0.1, 0.15) is 12.0 Å². The van der Waals surface area contributed by atoms with Crippen molar-refractivity contribution in [1.29, 1.82) is 0 Å². The molecule has 2 aromatic rings. The van der Waals surface area contributed by atoms with Gasteiger partial charge < -0.3 is 9.47 Å². The molecule has 0 N–H and O–H groups in total. The number of esters is 1. The van der Waals surface area contributed by atoms with E-state index >= 15 is 0 Å². The standard InChI is InChI=1S/C24H30O4/c25-20-22-14-16-23(17-15-22)27-18-8-3-7-13-24(26)28-19-9-2-6-12-21-10-4-1-5-11-21/h1,4-5,10-11,14-17,20H,2-3,6-9,12-13,18-19H2. The number of benzene rings is 2. The van der Waals surface area contributed by atoms with Crippen LogP contribution in [0.5, 0.6) is 5.75 Å². The topological polar surface area (TPSA) is 52.6 Å². The molecule has 0 spiro atoms. The molecule has 0 bridgehead atoms. The number of carbonyl (C=O) groups excluding carboxylic acids is 2. The Morgan fingerprint density at radius 1 is 0.786 bits per heavy atom. The molecule has 0 unspecified atom stereocenters. The average Bonchev–Trinajstić information content (AvgIpc) is 2.74. The van der Waals surface area contributed by atoms with E-state index < -0.39 is 0 Å². The first-order valence-corrected chi connectivity index (χ1v) is 10.2. The van der Waals surface area contributed by atoms with E-state index in [1.165, 1.54) is 5.56 Å². The molecule has 0 saturated heterocycles. The van der Waals surface area contributed by atoms with Crippen LogP contribution in [-0.2, 0) is 16.0 Å². The van der Waals surface area contributed by atoms with Gasteiger partial charge in [0.15, 0.2) is 0 Å². The first-order chi connectivity index (χ1) is 13.8. The summed E-state index contributed by atoms with van der Waals surface area (Å²) in [5.41, 5.74) is 2.00. The molecule has 2 rings (SSSR count). The van der Waals surface area contributed by atoms with Crippen LogP contribution in [-0.4, -0.2) is 25.5 Å². The molecular weight excluding hydrogens is 352 g/mol. The third-order valence-electron chi connectivity index (χ3n) is 4.53. The fourth-order valence-corrected chi connectivity index (χ4v) is 2.89. The van der Waals surface area contributed by atoms with Gasteiger partial charge in [0.2, 0.25) is 0 Å². The van der Waals surface area contributed by atoms with Crippen LogP contribution in [0.4, 0.5) is 0 Å². The van der Waals surface area contributed by atoms with Crippen LogP contribution in [0.3, 0.4) is 0 Å². The first kappa shape index (κ1) is 21.7. The fourth-order valence-electron chi connectivity index (χ4n) is 2.89. The smallest absolute Gasteiger partial charge is 0.305 e. The van der Waals surface area contributed by atoms with Crippen molar-refractivity contribution in [2.45, 2.75) is 51.4 Å². The Morgan fingerprint density at radius 3 is 2.25 bits per heavy atom. The van der Waals surface area contributed by atoms with Gasteiger partial charge in [-0.2, -0.15) is 0 Å². The van der Waals surface area contributed by atoms with E-state index in [4.69, 9.17) is 9.47 Å². The molecule has 0 fully saturated rings. The van der Waals surface area contributed by atoms with E-state index in [0.29, 0.717) is 25.2 Å². The molecule has 0 saturated carbocycles. The van der Waals surface area contributed by atoms with Crippen LogP contribution in [0.2, 0.25) is 0 Å². The molecule has 4 heteroatoms. The van der Waals surface area contributed by atoms with Crippen LogP contribution in [0.25, 0.3) is 0 Å². The van der Waals surface area contributed by atoms with Gasteiger partial charge in [-0.25, -0.2) is 0 Å². The maximum atomic E-state index is 11.7. The van der Waals surface area contributed by atoms with Crippen molar-refractivity contribution in [3.05, 3.63) is 65.7 Å². The highest BCUT2D eigenvalue weighted by Gasteiger charge is 2.03. The molecule has 0 aromatic heterocycles. The van der Waals surface area contributed by atoms with Crippen molar-refractivity contribution in [2.75, 3.05) is 13.2 Å². The second-order valence-corrected chi connectivity index (χ2v) is 6.86. The number of rotatable bonds is 14. The second-order valence-electron chi connectivity index (χ2n) is 6.86. The number of aryl methyl sites for hydroxylation is 1. The number of aldehydes is 1. The molecule has 0 amide bonds. The van der Waals surface area contributed by atoms with Gasteiger partial charge in [-0.1, -0.05) is 30.3 Å². The van der Waals surface area contributed by atoms with E-state index in [2.05, 4.69) is 24.3 Å². The molecule has 4 nitrogen and oxygen atoms in total. The highest BCUT2D eigenvalue weighted by molar-refractivity contribution is 5.74. The normalized spacial score (nSPS) is 10.4. The summed E-state index contributed by atoms with van der Waals surface area (Å²) in [6.07, 6.45) is 8.13. The van der Waals surface area contributed by atoms with E-state index in [1.807, 2.05) is 6.07 Å². The Bertz CT molecular complexity index is 680. The molecule has 0 aliphatic carbocycles. The average molecular weight is 383 g/mol. The minimum atomic E-state index is -0.103. The molecule has 0 aliphatic rings. The van der Waals surface area contributed by atoms with Crippen LogP contribution < -0.4 is 4.74 Å². The van der Waals surface area contributed by atoms with Crippen molar-refractivity contribution in [3.8, 4) is 5.75 Å². The van der Waals surface area contributed by atoms with Gasteiger partial charge in [-0.3, -0.25) is 9.59 Å². The molecular formula is C24H30O4. The van der Waals surface area contributed by atoms with Gasteiger partial charge in [0.05, 0.1) is 13.2 Å². The Balaban J connectivity index is 1.39. The lowest BCUT2D eigenvalue weighted by molar-refractivity contribution is -0.143. The monoisotopic (exact) mass is 382 g/mol. The Labute approximate surface area is 167 Å². The van der Waals surface area contributed by atoms with Crippen LogP contribution in [0.1, 0.15) is 60.9 Å². The van der Waals surface area contributed by atoms with E-state index in [9.17, 15) is 9.59 Å². The molecule has 0 heterocycles.